The van der Waals surface area contributed by atoms with Gasteiger partial charge in [0.05, 0.1) is 20.3 Å². The van der Waals surface area contributed by atoms with Crippen molar-refractivity contribution in [3.05, 3.63) is 52.9 Å². The predicted molar refractivity (Wildman–Crippen MR) is 165 cm³/mol. The molecule has 2 N–H and O–H groups in total. The van der Waals surface area contributed by atoms with Gasteiger partial charge in [0.1, 0.15) is 28.6 Å². The Morgan fingerprint density at radius 3 is 2.28 bits per heavy atom. The predicted octanol–water partition coefficient (Wildman–Crippen LogP) is 3.72. The molecule has 2 saturated heterocycles. The Morgan fingerprint density at radius 2 is 1.56 bits per heavy atom. The Bertz CT molecular complexity index is 1500. The van der Waals surface area contributed by atoms with E-state index in [0.29, 0.717) is 0 Å². The number of piperazine rings is 1. The molecule has 0 bridgehead atoms. The minimum absolute atomic E-state index is 0.0703. The largest absolute Gasteiger partial charge is 0.508 e. The van der Waals surface area contributed by atoms with Crippen LogP contribution in [-0.2, 0) is 11.3 Å². The SMILES string of the molecule is COc1ccc2c(c1)c(/C=C1\Oc3cc(O)cc(O)c3C1=O)c(C)n2CCCCN1CCN(CCN2CCOCC2)CC1. The average molecular weight is 591 g/mol. The topological polar surface area (TPSA) is 99.9 Å². The molecule has 0 atom stereocenters. The molecule has 2 aromatic carbocycles. The van der Waals surface area contributed by atoms with Crippen LogP contribution in [0.15, 0.2) is 36.1 Å². The molecule has 0 spiro atoms. The number of aromatic hydroxyl groups is 2. The Hall–Kier alpha value is -3.57. The van der Waals surface area contributed by atoms with Gasteiger partial charge in [0.15, 0.2) is 5.76 Å². The van der Waals surface area contributed by atoms with Gasteiger partial charge in [-0.25, -0.2) is 0 Å². The molecule has 10 nitrogen and oxygen atoms in total. The summed E-state index contributed by atoms with van der Waals surface area (Å²) < 4.78 is 19.1. The van der Waals surface area contributed by atoms with E-state index < -0.39 is 5.78 Å². The first-order chi connectivity index (χ1) is 20.9. The number of aromatic nitrogens is 1. The highest BCUT2D eigenvalue weighted by atomic mass is 16.5. The van der Waals surface area contributed by atoms with E-state index in [4.69, 9.17) is 14.2 Å². The molecule has 0 saturated carbocycles. The van der Waals surface area contributed by atoms with E-state index in [1.807, 2.05) is 12.1 Å². The number of ketones is 1. The zero-order chi connectivity index (χ0) is 29.9. The maximum absolute atomic E-state index is 13.1. The third-order valence-corrected chi connectivity index (χ3v) is 9.00. The number of rotatable bonds is 10. The lowest BCUT2D eigenvalue weighted by atomic mass is 10.1. The third-order valence-electron chi connectivity index (χ3n) is 9.00. The van der Waals surface area contributed by atoms with Gasteiger partial charge in [-0.05, 0) is 50.6 Å². The Morgan fingerprint density at radius 1 is 0.884 bits per heavy atom. The van der Waals surface area contributed by atoms with Gasteiger partial charge < -0.3 is 33.9 Å². The smallest absolute Gasteiger partial charge is 0.235 e. The summed E-state index contributed by atoms with van der Waals surface area (Å²) in [6.45, 7) is 14.6. The number of allylic oxidation sites excluding steroid dienone is 1. The highest BCUT2D eigenvalue weighted by Gasteiger charge is 2.32. The van der Waals surface area contributed by atoms with Crippen molar-refractivity contribution in [1.29, 1.82) is 0 Å². The van der Waals surface area contributed by atoms with Crippen molar-refractivity contribution in [3.8, 4) is 23.0 Å². The second-order valence-electron chi connectivity index (χ2n) is 11.7. The number of nitrogens with zero attached hydrogens (tertiary/aromatic N) is 4. The minimum atomic E-state index is -0.406. The number of morpholine rings is 1. The fourth-order valence-corrected chi connectivity index (χ4v) is 6.44. The number of hydrogen-bond acceptors (Lipinski definition) is 9. The number of methoxy groups -OCH3 is 1. The lowest BCUT2D eigenvalue weighted by Gasteiger charge is -2.36. The van der Waals surface area contributed by atoms with Crippen LogP contribution in [0.4, 0.5) is 0 Å². The second-order valence-corrected chi connectivity index (χ2v) is 11.7. The molecule has 43 heavy (non-hydrogen) atoms. The maximum atomic E-state index is 13.1. The lowest BCUT2D eigenvalue weighted by molar-refractivity contribution is 0.0299. The van der Waals surface area contributed by atoms with Gasteiger partial charge >= 0.3 is 0 Å². The van der Waals surface area contributed by atoms with E-state index in [9.17, 15) is 15.0 Å². The van der Waals surface area contributed by atoms with Gasteiger partial charge in [0.25, 0.3) is 0 Å². The summed E-state index contributed by atoms with van der Waals surface area (Å²) in [6.07, 6.45) is 3.89. The maximum Gasteiger partial charge on any atom is 0.235 e. The van der Waals surface area contributed by atoms with E-state index in [1.54, 1.807) is 13.2 Å². The molecular formula is C33H42N4O6. The van der Waals surface area contributed by atoms with E-state index in [2.05, 4.69) is 32.3 Å². The number of ether oxygens (including phenoxy) is 3. The van der Waals surface area contributed by atoms with Crippen LogP contribution in [0.2, 0.25) is 0 Å². The summed E-state index contributed by atoms with van der Waals surface area (Å²) in [5.41, 5.74) is 3.05. The van der Waals surface area contributed by atoms with E-state index >= 15 is 0 Å². The lowest BCUT2D eigenvalue weighted by Crippen LogP contribution is -2.49. The summed E-state index contributed by atoms with van der Waals surface area (Å²) in [5.74, 6) is 0.150. The van der Waals surface area contributed by atoms with Gasteiger partial charge in [-0.15, -0.1) is 0 Å². The monoisotopic (exact) mass is 590 g/mol. The number of carbonyl (C=O) groups excluding carboxylic acids is 1. The molecule has 3 aliphatic heterocycles. The number of fused-ring (bicyclic) bond motifs is 2. The Balaban J connectivity index is 1.09. The molecule has 2 fully saturated rings. The van der Waals surface area contributed by atoms with Gasteiger partial charge in [-0.3, -0.25) is 14.6 Å². The van der Waals surface area contributed by atoms with Gasteiger partial charge in [-0.1, -0.05) is 0 Å². The Labute approximate surface area is 252 Å². The van der Waals surface area contributed by atoms with Crippen LogP contribution >= 0.6 is 0 Å². The van der Waals surface area contributed by atoms with Gasteiger partial charge in [-0.2, -0.15) is 0 Å². The molecule has 3 aromatic rings. The summed E-state index contributed by atoms with van der Waals surface area (Å²) in [6, 6.07) is 8.51. The van der Waals surface area contributed by atoms with Crippen molar-refractivity contribution in [3.63, 3.8) is 0 Å². The van der Waals surface area contributed by atoms with Gasteiger partial charge in [0, 0.05) is 93.2 Å². The van der Waals surface area contributed by atoms with Crippen LogP contribution in [0.3, 0.4) is 0 Å². The number of hydrogen-bond donors (Lipinski definition) is 2. The van der Waals surface area contributed by atoms with Crippen LogP contribution in [0.1, 0.15) is 34.5 Å². The van der Waals surface area contributed by atoms with E-state index in [0.717, 1.165) is 125 Å². The van der Waals surface area contributed by atoms with Crippen LogP contribution in [-0.4, -0.2) is 114 Å². The molecule has 0 unspecified atom stereocenters. The van der Waals surface area contributed by atoms with E-state index in [-0.39, 0.29) is 28.6 Å². The fourth-order valence-electron chi connectivity index (χ4n) is 6.44. The third kappa shape index (κ3) is 6.38. The highest BCUT2D eigenvalue weighted by molar-refractivity contribution is 6.17. The molecule has 0 radical (unpaired) electrons. The minimum Gasteiger partial charge on any atom is -0.508 e. The summed E-state index contributed by atoms with van der Waals surface area (Å²) in [4.78, 5) is 20.8. The number of benzene rings is 2. The average Bonchev–Trinajstić information content (AvgIpc) is 3.47. The van der Waals surface area contributed by atoms with Crippen molar-refractivity contribution in [1.82, 2.24) is 19.3 Å². The number of aryl methyl sites for hydroxylation is 1. The van der Waals surface area contributed by atoms with Crippen LogP contribution in [0, 0.1) is 6.92 Å². The Kier molecular flexibility index (Phi) is 8.90. The second kappa shape index (κ2) is 13.0. The number of carbonyl (C=O) groups is 1. The molecule has 0 amide bonds. The van der Waals surface area contributed by atoms with E-state index in [1.165, 1.54) is 6.07 Å². The first-order valence-corrected chi connectivity index (χ1v) is 15.3. The molecule has 3 aliphatic rings. The molecule has 0 aliphatic carbocycles. The number of phenols is 2. The number of Topliss-reactive ketones (excluding diaryl/α,β-unsaturated/α-hetero) is 1. The molecule has 1 aromatic heterocycles. The van der Waals surface area contributed by atoms with Crippen molar-refractivity contribution in [2.75, 3.05) is 79.2 Å². The number of unbranched alkanes of at least 4 members (excludes halogenated alkanes) is 1. The van der Waals surface area contributed by atoms with Crippen LogP contribution in [0.25, 0.3) is 17.0 Å². The molecule has 4 heterocycles. The van der Waals surface area contributed by atoms with Gasteiger partial charge in [0.2, 0.25) is 5.78 Å². The van der Waals surface area contributed by atoms with Crippen molar-refractivity contribution in [2.45, 2.75) is 26.3 Å². The normalized spacial score (nSPS) is 19.3. The zero-order valence-electron chi connectivity index (χ0n) is 25.2. The zero-order valence-corrected chi connectivity index (χ0v) is 25.2. The first-order valence-electron chi connectivity index (χ1n) is 15.3. The highest BCUT2D eigenvalue weighted by Crippen LogP contribution is 2.41. The van der Waals surface area contributed by atoms with Crippen molar-refractivity contribution >= 4 is 22.8 Å². The summed E-state index contributed by atoms with van der Waals surface area (Å²) in [7, 11) is 1.64. The molecule has 6 rings (SSSR count). The van der Waals surface area contributed by atoms with Crippen molar-refractivity contribution in [2.24, 2.45) is 0 Å². The fraction of sp³-hybridized carbons (Fsp3) is 0.485. The first kappa shape index (κ1) is 29.5. The molecule has 10 heteroatoms. The van der Waals surface area contributed by atoms with Crippen LogP contribution < -0.4 is 9.47 Å². The van der Waals surface area contributed by atoms with Crippen LogP contribution in [0.5, 0.6) is 23.0 Å². The standard InChI is InChI=1S/C33H42N4O6/c1-23-26(22-31-33(40)32-29(39)19-24(38)20-30(32)43-31)27-21-25(41-2)5-6-28(27)37(23)8-4-3-7-34-9-11-35(12-10-34)13-14-36-15-17-42-18-16-36/h5-6,19-22,38-39H,3-4,7-18H2,1-2H3/b31-22-. The summed E-state index contributed by atoms with van der Waals surface area (Å²) in [5, 5.41) is 21.1. The number of phenolic OH excluding ortho intramolecular Hbond substituents is 2. The van der Waals surface area contributed by atoms with Crippen molar-refractivity contribution < 1.29 is 29.2 Å². The molecule has 230 valence electrons. The quantitative estimate of drug-likeness (QED) is 0.270. The molecular weight excluding hydrogens is 548 g/mol. The summed E-state index contributed by atoms with van der Waals surface area (Å²) >= 11 is 0.